The van der Waals surface area contributed by atoms with Crippen LogP contribution in [0.1, 0.15) is 25.0 Å². The molecule has 0 aliphatic heterocycles. The van der Waals surface area contributed by atoms with Crippen molar-refractivity contribution in [2.75, 3.05) is 0 Å². The average Bonchev–Trinajstić information content (AvgIpc) is 2.07. The maximum atomic E-state index is 13.3. The van der Waals surface area contributed by atoms with E-state index in [1.165, 1.54) is 6.07 Å². The molecule has 1 rings (SSSR count). The fourth-order valence-electron chi connectivity index (χ4n) is 0.973. The van der Waals surface area contributed by atoms with Gasteiger partial charge in [0.15, 0.2) is 0 Å². The highest BCUT2D eigenvalue weighted by atomic mass is 35.5. The molecule has 0 aromatic heterocycles. The first-order valence-corrected chi connectivity index (χ1v) is 4.88. The molecule has 3 heteroatoms. The Balaban J connectivity index is 3.15. The maximum absolute atomic E-state index is 13.3. The van der Waals surface area contributed by atoms with Crippen molar-refractivity contribution in [1.29, 1.82) is 0 Å². The van der Waals surface area contributed by atoms with Crippen LogP contribution in [0, 0.1) is 24.6 Å². The molecule has 80 valence electrons. The Morgan fingerprint density at radius 1 is 1.40 bits per heavy atom. The molecule has 0 heterocycles. The Morgan fingerprint density at radius 3 is 2.53 bits per heavy atom. The van der Waals surface area contributed by atoms with E-state index in [1.807, 2.05) is 0 Å². The molecule has 0 aliphatic carbocycles. The molecule has 1 aromatic carbocycles. The van der Waals surface area contributed by atoms with E-state index >= 15 is 0 Å². The highest BCUT2D eigenvalue weighted by Gasteiger charge is 2.08. The molecule has 0 amide bonds. The summed E-state index contributed by atoms with van der Waals surface area (Å²) in [7, 11) is 0. The molecule has 0 fully saturated rings. The van der Waals surface area contributed by atoms with Crippen LogP contribution >= 0.6 is 11.6 Å². The Labute approximate surface area is 93.9 Å². The van der Waals surface area contributed by atoms with Crippen LogP contribution in [0.4, 0.5) is 4.39 Å². The minimum atomic E-state index is -1.13. The first-order chi connectivity index (χ1) is 6.79. The zero-order valence-electron chi connectivity index (χ0n) is 8.86. The molecule has 1 N–H and O–H groups in total. The van der Waals surface area contributed by atoms with Gasteiger partial charge in [0.05, 0.1) is 5.56 Å². The maximum Gasteiger partial charge on any atom is 0.140 e. The van der Waals surface area contributed by atoms with Gasteiger partial charge >= 0.3 is 0 Å². The molecule has 0 atom stereocenters. The molecular formula is C12H12ClFO. The molecule has 0 unspecified atom stereocenters. The van der Waals surface area contributed by atoms with Crippen molar-refractivity contribution in [3.63, 3.8) is 0 Å². The van der Waals surface area contributed by atoms with E-state index in [4.69, 9.17) is 11.6 Å². The highest BCUT2D eigenvalue weighted by molar-refractivity contribution is 6.31. The van der Waals surface area contributed by atoms with Crippen LogP contribution in [0.2, 0.25) is 5.02 Å². The number of aryl methyl sites for hydroxylation is 1. The van der Waals surface area contributed by atoms with Gasteiger partial charge in [-0.15, -0.1) is 0 Å². The van der Waals surface area contributed by atoms with Gasteiger partial charge in [0.1, 0.15) is 11.4 Å². The van der Waals surface area contributed by atoms with E-state index < -0.39 is 11.4 Å². The second-order valence-electron chi connectivity index (χ2n) is 3.89. The van der Waals surface area contributed by atoms with Gasteiger partial charge in [-0.25, -0.2) is 4.39 Å². The fraction of sp³-hybridized carbons (Fsp3) is 0.333. The van der Waals surface area contributed by atoms with Crippen molar-refractivity contribution < 1.29 is 9.50 Å². The third-order valence-electron chi connectivity index (χ3n) is 1.75. The molecule has 0 saturated heterocycles. The predicted molar refractivity (Wildman–Crippen MR) is 59.3 cm³/mol. The van der Waals surface area contributed by atoms with Crippen LogP contribution in [0.3, 0.4) is 0 Å². The van der Waals surface area contributed by atoms with E-state index in [9.17, 15) is 9.50 Å². The average molecular weight is 227 g/mol. The summed E-state index contributed by atoms with van der Waals surface area (Å²) in [5, 5.41) is 9.75. The zero-order valence-corrected chi connectivity index (χ0v) is 9.61. The van der Waals surface area contributed by atoms with Crippen LogP contribution in [0.5, 0.6) is 0 Å². The first-order valence-electron chi connectivity index (χ1n) is 4.51. The molecule has 0 bridgehead atoms. The highest BCUT2D eigenvalue weighted by Crippen LogP contribution is 2.19. The second-order valence-corrected chi connectivity index (χ2v) is 4.30. The summed E-state index contributed by atoms with van der Waals surface area (Å²) in [6, 6.07) is 2.79. The van der Waals surface area contributed by atoms with Gasteiger partial charge in [-0.2, -0.15) is 0 Å². The second kappa shape index (κ2) is 4.22. The van der Waals surface area contributed by atoms with Crippen molar-refractivity contribution in [3.8, 4) is 11.8 Å². The molecule has 15 heavy (non-hydrogen) atoms. The van der Waals surface area contributed by atoms with Gasteiger partial charge in [-0.1, -0.05) is 23.4 Å². The predicted octanol–water partition coefficient (Wildman–Crippen LogP) is 2.91. The van der Waals surface area contributed by atoms with Crippen molar-refractivity contribution in [2.24, 2.45) is 0 Å². The van der Waals surface area contributed by atoms with E-state index in [0.717, 1.165) is 5.56 Å². The third kappa shape index (κ3) is 3.54. The van der Waals surface area contributed by atoms with Crippen molar-refractivity contribution in [2.45, 2.75) is 26.4 Å². The van der Waals surface area contributed by atoms with Crippen LogP contribution in [0.15, 0.2) is 12.1 Å². The zero-order chi connectivity index (χ0) is 11.6. The summed E-state index contributed by atoms with van der Waals surface area (Å²) in [4.78, 5) is 0. The molecule has 0 spiro atoms. The van der Waals surface area contributed by atoms with Gasteiger partial charge in [0, 0.05) is 5.02 Å². The Bertz CT molecular complexity index is 435. The van der Waals surface area contributed by atoms with Crippen molar-refractivity contribution in [3.05, 3.63) is 34.1 Å². The number of aliphatic hydroxyl groups is 1. The van der Waals surface area contributed by atoms with E-state index in [-0.39, 0.29) is 5.56 Å². The standard InChI is InChI=1S/C12H12ClFO/c1-8-6-9(4-5-12(2,3)15)11(14)7-10(8)13/h6-7,15H,1-3H3. The van der Waals surface area contributed by atoms with E-state index in [2.05, 4.69) is 11.8 Å². The Kier molecular flexibility index (Phi) is 3.38. The van der Waals surface area contributed by atoms with Gasteiger partial charge in [0.25, 0.3) is 0 Å². The smallest absolute Gasteiger partial charge is 0.140 e. The monoisotopic (exact) mass is 226 g/mol. The number of halogens is 2. The lowest BCUT2D eigenvalue weighted by atomic mass is 10.1. The minimum Gasteiger partial charge on any atom is -0.378 e. The SMILES string of the molecule is Cc1cc(C#CC(C)(C)O)c(F)cc1Cl. The Morgan fingerprint density at radius 2 is 2.00 bits per heavy atom. The molecule has 1 aromatic rings. The third-order valence-corrected chi connectivity index (χ3v) is 2.16. The number of rotatable bonds is 0. The lowest BCUT2D eigenvalue weighted by Crippen LogP contribution is -2.14. The first kappa shape index (κ1) is 12.0. The van der Waals surface area contributed by atoms with Crippen LogP contribution in [-0.2, 0) is 0 Å². The summed E-state index contributed by atoms with van der Waals surface area (Å²) in [6.45, 7) is 4.86. The summed E-state index contributed by atoms with van der Waals surface area (Å²) in [6.07, 6.45) is 0. The van der Waals surface area contributed by atoms with Gasteiger partial charge < -0.3 is 5.11 Å². The summed E-state index contributed by atoms with van der Waals surface area (Å²) < 4.78 is 13.3. The lowest BCUT2D eigenvalue weighted by molar-refractivity contribution is 0.143. The normalized spacial score (nSPS) is 10.8. The van der Waals surface area contributed by atoms with Gasteiger partial charge in [0.2, 0.25) is 0 Å². The summed E-state index contributed by atoms with van der Waals surface area (Å²) >= 11 is 5.74. The number of hydrogen-bond donors (Lipinski definition) is 1. The quantitative estimate of drug-likeness (QED) is 0.675. The Hall–Kier alpha value is -1.04. The van der Waals surface area contributed by atoms with Gasteiger partial charge in [-0.3, -0.25) is 0 Å². The number of benzene rings is 1. The van der Waals surface area contributed by atoms with Gasteiger partial charge in [-0.05, 0) is 38.5 Å². The summed E-state index contributed by atoms with van der Waals surface area (Å²) in [5.74, 6) is 4.67. The van der Waals surface area contributed by atoms with Crippen LogP contribution in [0.25, 0.3) is 0 Å². The summed E-state index contributed by atoms with van der Waals surface area (Å²) in [5.41, 5.74) is -0.114. The molecular weight excluding hydrogens is 215 g/mol. The van der Waals surface area contributed by atoms with Crippen molar-refractivity contribution in [1.82, 2.24) is 0 Å². The molecule has 1 nitrogen and oxygen atoms in total. The fourth-order valence-corrected chi connectivity index (χ4v) is 1.12. The van der Waals surface area contributed by atoms with Crippen LogP contribution in [-0.4, -0.2) is 10.7 Å². The molecule has 0 aliphatic rings. The lowest BCUT2D eigenvalue weighted by Gasteiger charge is -2.06. The largest absolute Gasteiger partial charge is 0.378 e. The molecule has 0 radical (unpaired) electrons. The molecule has 0 saturated carbocycles. The van der Waals surface area contributed by atoms with Crippen molar-refractivity contribution >= 4 is 11.6 Å². The number of hydrogen-bond acceptors (Lipinski definition) is 1. The topological polar surface area (TPSA) is 20.2 Å². The van der Waals surface area contributed by atoms with E-state index in [0.29, 0.717) is 5.02 Å². The van der Waals surface area contributed by atoms with Crippen LogP contribution < -0.4 is 0 Å². The minimum absolute atomic E-state index is 0.249. The van der Waals surface area contributed by atoms with E-state index in [1.54, 1.807) is 26.8 Å².